The second-order valence-corrected chi connectivity index (χ2v) is 5.30. The molecule has 1 aliphatic heterocycles. The van der Waals surface area contributed by atoms with Crippen LogP contribution in [0.15, 0.2) is 42.5 Å². The fourth-order valence-corrected chi connectivity index (χ4v) is 3.01. The topological polar surface area (TPSA) is 41.5 Å². The van der Waals surface area contributed by atoms with Crippen molar-refractivity contribution in [2.24, 2.45) is 5.41 Å². The lowest BCUT2D eigenvalue weighted by atomic mass is 9.75. The molecule has 0 saturated carbocycles. The number of rotatable bonds is 4. The first-order chi connectivity index (χ1) is 9.30. The van der Waals surface area contributed by atoms with Crippen LogP contribution in [0.3, 0.4) is 0 Å². The maximum absolute atomic E-state index is 9.75. The molecule has 2 aromatic rings. The average Bonchev–Trinajstić information content (AvgIpc) is 2.42. The summed E-state index contributed by atoms with van der Waals surface area (Å²) in [5.41, 5.74) is 1.04. The van der Waals surface area contributed by atoms with Gasteiger partial charge in [-0.15, -0.1) is 0 Å². The highest BCUT2D eigenvalue weighted by atomic mass is 16.5. The number of aliphatic hydroxyl groups is 1. The molecule has 2 aromatic carbocycles. The van der Waals surface area contributed by atoms with Crippen LogP contribution in [0.4, 0.5) is 0 Å². The molecule has 0 bridgehead atoms. The summed E-state index contributed by atoms with van der Waals surface area (Å²) in [6, 6.07) is 14.8. The SMILES string of the molecule is CNC(c1cccc2ccccc12)C1(CO)COC1. The molecule has 1 fully saturated rings. The summed E-state index contributed by atoms with van der Waals surface area (Å²) in [7, 11) is 1.95. The number of nitrogens with one attached hydrogen (secondary N) is 1. The lowest BCUT2D eigenvalue weighted by Gasteiger charge is -2.46. The number of aliphatic hydroxyl groups excluding tert-OH is 1. The Balaban J connectivity index is 2.11. The molecule has 1 saturated heterocycles. The molecule has 3 heteroatoms. The third-order valence-corrected chi connectivity index (χ3v) is 4.13. The van der Waals surface area contributed by atoms with E-state index in [4.69, 9.17) is 4.74 Å². The number of hydrogen-bond donors (Lipinski definition) is 2. The fourth-order valence-electron chi connectivity index (χ4n) is 3.01. The predicted octanol–water partition coefficient (Wildman–Crippen LogP) is 2.11. The molecule has 0 aliphatic carbocycles. The van der Waals surface area contributed by atoms with Gasteiger partial charge in [0.05, 0.1) is 25.2 Å². The van der Waals surface area contributed by atoms with Crippen molar-refractivity contribution < 1.29 is 9.84 Å². The van der Waals surface area contributed by atoms with Crippen LogP contribution in [0, 0.1) is 5.41 Å². The van der Waals surface area contributed by atoms with Crippen LogP contribution in [0.1, 0.15) is 11.6 Å². The fraction of sp³-hybridized carbons (Fsp3) is 0.375. The van der Waals surface area contributed by atoms with Crippen molar-refractivity contribution in [1.82, 2.24) is 5.32 Å². The van der Waals surface area contributed by atoms with Gasteiger partial charge < -0.3 is 15.2 Å². The lowest BCUT2D eigenvalue weighted by Crippen LogP contribution is -2.53. The van der Waals surface area contributed by atoms with Crippen molar-refractivity contribution in [3.63, 3.8) is 0 Å². The van der Waals surface area contributed by atoms with Crippen LogP contribution in [-0.2, 0) is 4.74 Å². The van der Waals surface area contributed by atoms with Gasteiger partial charge in [0.25, 0.3) is 0 Å². The largest absolute Gasteiger partial charge is 0.396 e. The molecule has 0 amide bonds. The van der Waals surface area contributed by atoms with Crippen LogP contribution in [0.25, 0.3) is 10.8 Å². The van der Waals surface area contributed by atoms with Crippen molar-refractivity contribution >= 4 is 10.8 Å². The van der Waals surface area contributed by atoms with Gasteiger partial charge in [0.15, 0.2) is 0 Å². The molecular formula is C16H19NO2. The summed E-state index contributed by atoms with van der Waals surface area (Å²) in [6.45, 7) is 1.36. The maximum atomic E-state index is 9.75. The molecule has 1 heterocycles. The Morgan fingerprint density at radius 3 is 2.58 bits per heavy atom. The van der Waals surface area contributed by atoms with E-state index in [9.17, 15) is 5.11 Å². The van der Waals surface area contributed by atoms with Gasteiger partial charge in [-0.05, 0) is 23.4 Å². The highest BCUT2D eigenvalue weighted by Gasteiger charge is 2.45. The van der Waals surface area contributed by atoms with E-state index in [1.54, 1.807) is 0 Å². The number of fused-ring (bicyclic) bond motifs is 1. The van der Waals surface area contributed by atoms with E-state index in [0.717, 1.165) is 0 Å². The molecule has 19 heavy (non-hydrogen) atoms. The summed E-state index contributed by atoms with van der Waals surface area (Å²) < 4.78 is 5.35. The minimum absolute atomic E-state index is 0.109. The van der Waals surface area contributed by atoms with Gasteiger partial charge in [0.1, 0.15) is 0 Å². The van der Waals surface area contributed by atoms with E-state index in [0.29, 0.717) is 13.2 Å². The van der Waals surface area contributed by atoms with Gasteiger partial charge in [-0.3, -0.25) is 0 Å². The van der Waals surface area contributed by atoms with E-state index in [2.05, 4.69) is 47.8 Å². The van der Waals surface area contributed by atoms with Gasteiger partial charge in [-0.1, -0.05) is 42.5 Å². The molecule has 1 aliphatic rings. The van der Waals surface area contributed by atoms with Crippen LogP contribution < -0.4 is 5.32 Å². The lowest BCUT2D eigenvalue weighted by molar-refractivity contribution is -0.155. The number of ether oxygens (including phenoxy) is 1. The normalized spacial score (nSPS) is 19.1. The van der Waals surface area contributed by atoms with Gasteiger partial charge in [0.2, 0.25) is 0 Å². The van der Waals surface area contributed by atoms with Crippen molar-refractivity contribution in [3.05, 3.63) is 48.0 Å². The molecule has 1 unspecified atom stereocenters. The highest BCUT2D eigenvalue weighted by Crippen LogP contribution is 2.42. The smallest absolute Gasteiger partial charge is 0.0596 e. The third-order valence-electron chi connectivity index (χ3n) is 4.13. The molecule has 0 aromatic heterocycles. The van der Waals surface area contributed by atoms with Gasteiger partial charge in [-0.25, -0.2) is 0 Å². The summed E-state index contributed by atoms with van der Waals surface area (Å²) in [4.78, 5) is 0. The number of hydrogen-bond acceptors (Lipinski definition) is 3. The zero-order valence-corrected chi connectivity index (χ0v) is 11.1. The Labute approximate surface area is 113 Å². The molecule has 100 valence electrons. The zero-order valence-electron chi connectivity index (χ0n) is 11.1. The quantitative estimate of drug-likeness (QED) is 0.881. The van der Waals surface area contributed by atoms with Crippen LogP contribution in [-0.4, -0.2) is 32.0 Å². The van der Waals surface area contributed by atoms with E-state index in [-0.39, 0.29) is 18.1 Å². The summed E-state index contributed by atoms with van der Waals surface area (Å²) in [5.74, 6) is 0. The number of benzene rings is 2. The van der Waals surface area contributed by atoms with E-state index in [1.807, 2.05) is 7.05 Å². The molecule has 1 atom stereocenters. The Hall–Kier alpha value is -1.42. The summed E-state index contributed by atoms with van der Waals surface area (Å²) in [5, 5.41) is 15.6. The maximum Gasteiger partial charge on any atom is 0.0596 e. The molecule has 3 nitrogen and oxygen atoms in total. The monoisotopic (exact) mass is 257 g/mol. The van der Waals surface area contributed by atoms with Crippen molar-refractivity contribution in [3.8, 4) is 0 Å². The van der Waals surface area contributed by atoms with Crippen LogP contribution >= 0.6 is 0 Å². The van der Waals surface area contributed by atoms with Crippen LogP contribution in [0.2, 0.25) is 0 Å². The molecule has 3 rings (SSSR count). The predicted molar refractivity (Wildman–Crippen MR) is 76.1 cm³/mol. The zero-order chi connectivity index (χ0) is 13.3. The van der Waals surface area contributed by atoms with Crippen molar-refractivity contribution in [2.75, 3.05) is 26.9 Å². The average molecular weight is 257 g/mol. The molecule has 0 radical (unpaired) electrons. The molecule has 0 spiro atoms. The second-order valence-electron chi connectivity index (χ2n) is 5.30. The van der Waals surface area contributed by atoms with E-state index >= 15 is 0 Å². The standard InChI is InChI=1S/C16H19NO2/c1-17-15(16(9-18)10-19-11-16)14-8-4-6-12-5-2-3-7-13(12)14/h2-8,15,17-18H,9-11H2,1H3. The highest BCUT2D eigenvalue weighted by molar-refractivity contribution is 5.86. The minimum atomic E-state index is -0.196. The van der Waals surface area contributed by atoms with Gasteiger partial charge in [0, 0.05) is 6.04 Å². The third kappa shape index (κ3) is 1.94. The summed E-state index contributed by atoms with van der Waals surface area (Å²) >= 11 is 0. The first kappa shape index (κ1) is 12.6. The van der Waals surface area contributed by atoms with Crippen molar-refractivity contribution in [2.45, 2.75) is 6.04 Å². The minimum Gasteiger partial charge on any atom is -0.396 e. The van der Waals surface area contributed by atoms with Crippen molar-refractivity contribution in [1.29, 1.82) is 0 Å². The Morgan fingerprint density at radius 2 is 1.95 bits per heavy atom. The van der Waals surface area contributed by atoms with E-state index < -0.39 is 0 Å². The Bertz CT molecular complexity index is 567. The molecule has 2 N–H and O–H groups in total. The molecular weight excluding hydrogens is 238 g/mol. The van der Waals surface area contributed by atoms with Crippen LogP contribution in [0.5, 0.6) is 0 Å². The van der Waals surface area contributed by atoms with Gasteiger partial charge in [-0.2, -0.15) is 0 Å². The summed E-state index contributed by atoms with van der Waals surface area (Å²) in [6.07, 6.45) is 0. The Kier molecular flexibility index (Phi) is 3.27. The van der Waals surface area contributed by atoms with E-state index in [1.165, 1.54) is 16.3 Å². The first-order valence-corrected chi connectivity index (χ1v) is 6.64. The first-order valence-electron chi connectivity index (χ1n) is 6.64. The second kappa shape index (κ2) is 4.93. The van der Waals surface area contributed by atoms with Gasteiger partial charge >= 0.3 is 0 Å². The Morgan fingerprint density at radius 1 is 1.21 bits per heavy atom.